The summed E-state index contributed by atoms with van der Waals surface area (Å²) in [5, 5.41) is -0.0594. The Balaban J connectivity index is 2.18. The highest BCUT2D eigenvalue weighted by Gasteiger charge is 2.22. The second-order valence-electron chi connectivity index (χ2n) is 5.28. The molecule has 0 amide bonds. The number of imidazole rings is 1. The molecule has 8 heteroatoms. The van der Waals surface area contributed by atoms with Crippen LogP contribution < -0.4 is 4.72 Å². The van der Waals surface area contributed by atoms with Crippen LogP contribution in [-0.2, 0) is 30.2 Å². The molecule has 1 N–H and O–H groups in total. The highest BCUT2D eigenvalue weighted by Crippen LogP contribution is 2.19. The Labute approximate surface area is 135 Å². The lowest BCUT2D eigenvalue weighted by Crippen LogP contribution is -2.25. The van der Waals surface area contributed by atoms with Gasteiger partial charge in [0.05, 0.1) is 6.33 Å². The lowest BCUT2D eigenvalue weighted by molar-refractivity contribution is 0.400. The molecule has 2 rings (SSSR count). The Morgan fingerprint density at radius 3 is 2.45 bits per heavy atom. The first-order valence-electron chi connectivity index (χ1n) is 6.69. The van der Waals surface area contributed by atoms with Crippen LogP contribution in [0.5, 0.6) is 0 Å². The van der Waals surface area contributed by atoms with Crippen molar-refractivity contribution in [2.75, 3.05) is 14.1 Å². The molecule has 0 atom stereocenters. The van der Waals surface area contributed by atoms with Crippen LogP contribution in [0, 0.1) is 0 Å². The topological polar surface area (TPSA) is 67.2 Å². The third-order valence-corrected chi connectivity index (χ3v) is 5.04. The van der Waals surface area contributed by atoms with Gasteiger partial charge in [0.1, 0.15) is 5.15 Å². The van der Waals surface area contributed by atoms with E-state index < -0.39 is 10.0 Å². The van der Waals surface area contributed by atoms with Crippen LogP contribution in [0.2, 0.25) is 5.15 Å². The van der Waals surface area contributed by atoms with Crippen LogP contribution in [-0.4, -0.2) is 37.0 Å². The minimum atomic E-state index is -3.74. The molecule has 0 aliphatic carbocycles. The fourth-order valence-electron chi connectivity index (χ4n) is 2.04. The molecule has 1 aromatic carbocycles. The summed E-state index contributed by atoms with van der Waals surface area (Å²) in [5.41, 5.74) is 1.99. The third kappa shape index (κ3) is 3.86. The van der Waals surface area contributed by atoms with Gasteiger partial charge in [-0.3, -0.25) is 0 Å². The lowest BCUT2D eigenvalue weighted by atomic mass is 10.1. The summed E-state index contributed by atoms with van der Waals surface area (Å²) < 4.78 is 28.6. The number of nitrogens with one attached hydrogen (secondary N) is 1. The Kier molecular flexibility index (Phi) is 5.23. The van der Waals surface area contributed by atoms with E-state index >= 15 is 0 Å². The van der Waals surface area contributed by atoms with E-state index in [-0.39, 0.29) is 16.7 Å². The molecule has 1 aromatic heterocycles. The number of hydrogen-bond acceptors (Lipinski definition) is 4. The van der Waals surface area contributed by atoms with Gasteiger partial charge in [0.25, 0.3) is 10.0 Å². The predicted molar refractivity (Wildman–Crippen MR) is 86.1 cm³/mol. The van der Waals surface area contributed by atoms with Gasteiger partial charge < -0.3 is 9.47 Å². The van der Waals surface area contributed by atoms with E-state index in [4.69, 9.17) is 11.6 Å². The van der Waals surface area contributed by atoms with Crippen molar-refractivity contribution in [3.8, 4) is 0 Å². The zero-order chi connectivity index (χ0) is 16.3. The van der Waals surface area contributed by atoms with E-state index in [2.05, 4.69) is 9.71 Å². The molecule has 0 aliphatic rings. The lowest BCUT2D eigenvalue weighted by Gasteiger charge is -2.14. The van der Waals surface area contributed by atoms with Crippen LogP contribution in [0.4, 0.5) is 0 Å². The molecule has 6 nitrogen and oxygen atoms in total. The molecule has 0 bridgehead atoms. The number of aryl methyl sites for hydroxylation is 1. The molecule has 0 spiro atoms. The van der Waals surface area contributed by atoms with Crippen LogP contribution in [0.1, 0.15) is 11.1 Å². The fraction of sp³-hybridized carbons (Fsp3) is 0.357. The van der Waals surface area contributed by atoms with Gasteiger partial charge in [-0.25, -0.2) is 18.1 Å². The van der Waals surface area contributed by atoms with Gasteiger partial charge in [0.15, 0.2) is 0 Å². The summed E-state index contributed by atoms with van der Waals surface area (Å²) in [5.74, 6) is 0. The molecule has 0 fully saturated rings. The summed E-state index contributed by atoms with van der Waals surface area (Å²) >= 11 is 5.95. The normalized spacial score (nSPS) is 12.0. The molecule has 0 unspecified atom stereocenters. The summed E-state index contributed by atoms with van der Waals surface area (Å²) in [6.45, 7) is 0.932. The standard InChI is InChI=1S/C14H19ClN4O2S/c1-18(2)9-12-7-5-4-6-11(12)8-17-22(20,21)14-13(15)19(3)10-16-14/h4-7,10,17H,8-9H2,1-3H3. The smallest absolute Gasteiger partial charge is 0.261 e. The van der Waals surface area contributed by atoms with Crippen molar-refractivity contribution in [2.24, 2.45) is 7.05 Å². The highest BCUT2D eigenvalue weighted by molar-refractivity contribution is 7.89. The number of halogens is 1. The number of nitrogens with zero attached hydrogens (tertiary/aromatic N) is 3. The molecule has 0 aliphatic heterocycles. The molecule has 22 heavy (non-hydrogen) atoms. The van der Waals surface area contributed by atoms with Crippen LogP contribution >= 0.6 is 11.6 Å². The molecule has 0 saturated heterocycles. The summed E-state index contributed by atoms with van der Waals surface area (Å²) in [7, 11) is 1.83. The van der Waals surface area contributed by atoms with Gasteiger partial charge >= 0.3 is 0 Å². The average molecular weight is 343 g/mol. The first-order valence-corrected chi connectivity index (χ1v) is 8.55. The van der Waals surface area contributed by atoms with Crippen molar-refractivity contribution in [1.82, 2.24) is 19.2 Å². The third-order valence-electron chi connectivity index (χ3n) is 3.15. The van der Waals surface area contributed by atoms with E-state index in [9.17, 15) is 8.42 Å². The summed E-state index contributed by atoms with van der Waals surface area (Å²) in [6, 6.07) is 7.71. The minimum absolute atomic E-state index is 0.0917. The number of benzene rings is 1. The second kappa shape index (κ2) is 6.78. The molecule has 120 valence electrons. The van der Waals surface area contributed by atoms with Crippen molar-refractivity contribution in [1.29, 1.82) is 0 Å². The largest absolute Gasteiger partial charge is 0.324 e. The van der Waals surface area contributed by atoms with Crippen LogP contribution in [0.15, 0.2) is 35.6 Å². The van der Waals surface area contributed by atoms with Gasteiger partial charge in [0.2, 0.25) is 5.03 Å². The van der Waals surface area contributed by atoms with Crippen LogP contribution in [0.25, 0.3) is 0 Å². The van der Waals surface area contributed by atoms with Crippen molar-refractivity contribution in [2.45, 2.75) is 18.1 Å². The number of sulfonamides is 1. The number of rotatable bonds is 6. The molecular weight excluding hydrogens is 324 g/mol. The monoisotopic (exact) mass is 342 g/mol. The van der Waals surface area contributed by atoms with Crippen molar-refractivity contribution >= 4 is 21.6 Å². The number of aromatic nitrogens is 2. The maximum atomic E-state index is 12.3. The first-order chi connectivity index (χ1) is 10.3. The molecule has 1 heterocycles. The Morgan fingerprint density at radius 2 is 1.91 bits per heavy atom. The summed E-state index contributed by atoms with van der Waals surface area (Å²) in [6.07, 6.45) is 1.37. The zero-order valence-corrected chi connectivity index (χ0v) is 14.3. The maximum absolute atomic E-state index is 12.3. The summed E-state index contributed by atoms with van der Waals surface area (Å²) in [4.78, 5) is 5.87. The van der Waals surface area contributed by atoms with E-state index in [0.29, 0.717) is 0 Å². The van der Waals surface area contributed by atoms with Gasteiger partial charge in [-0.1, -0.05) is 35.9 Å². The second-order valence-corrected chi connectivity index (χ2v) is 7.32. The molecule has 2 aromatic rings. The Hall–Kier alpha value is -1.41. The molecular formula is C14H19ClN4O2S. The SMILES string of the molecule is CN(C)Cc1ccccc1CNS(=O)(=O)c1ncn(C)c1Cl. The Morgan fingerprint density at radius 1 is 1.27 bits per heavy atom. The van der Waals surface area contributed by atoms with Crippen molar-refractivity contribution in [3.63, 3.8) is 0 Å². The van der Waals surface area contributed by atoms with E-state index in [0.717, 1.165) is 17.7 Å². The minimum Gasteiger partial charge on any atom is -0.324 e. The first kappa shape index (κ1) is 17.0. The van der Waals surface area contributed by atoms with Gasteiger partial charge in [0, 0.05) is 20.1 Å². The number of hydrogen-bond donors (Lipinski definition) is 1. The Bertz CT molecular complexity index is 756. The average Bonchev–Trinajstić information content (AvgIpc) is 2.78. The zero-order valence-electron chi connectivity index (χ0n) is 12.7. The van der Waals surface area contributed by atoms with Crippen molar-refractivity contribution in [3.05, 3.63) is 46.9 Å². The maximum Gasteiger partial charge on any atom is 0.261 e. The van der Waals surface area contributed by atoms with E-state index in [1.165, 1.54) is 10.9 Å². The van der Waals surface area contributed by atoms with Crippen LogP contribution in [0.3, 0.4) is 0 Å². The molecule has 0 saturated carbocycles. The van der Waals surface area contributed by atoms with Gasteiger partial charge in [-0.15, -0.1) is 0 Å². The fourth-order valence-corrected chi connectivity index (χ4v) is 3.47. The van der Waals surface area contributed by atoms with E-state index in [1.54, 1.807) is 7.05 Å². The van der Waals surface area contributed by atoms with Gasteiger partial charge in [-0.05, 0) is 25.2 Å². The quantitative estimate of drug-likeness (QED) is 0.866. The van der Waals surface area contributed by atoms with Gasteiger partial charge in [-0.2, -0.15) is 0 Å². The van der Waals surface area contributed by atoms with Crippen molar-refractivity contribution < 1.29 is 8.42 Å². The highest BCUT2D eigenvalue weighted by atomic mass is 35.5. The predicted octanol–water partition coefficient (Wildman–Crippen LogP) is 1.61. The molecule has 0 radical (unpaired) electrons. The van der Waals surface area contributed by atoms with E-state index in [1.807, 2.05) is 43.3 Å².